The molecule has 9 heteroatoms. The van der Waals surface area contributed by atoms with E-state index in [-0.39, 0.29) is 5.91 Å². The Morgan fingerprint density at radius 1 is 1.14 bits per heavy atom. The zero-order valence-corrected chi connectivity index (χ0v) is 16.5. The lowest BCUT2D eigenvalue weighted by atomic mass is 10.2. The van der Waals surface area contributed by atoms with Gasteiger partial charge in [-0.2, -0.15) is 0 Å². The molecule has 3 heterocycles. The minimum Gasteiger partial charge on any atom is -0.378 e. The van der Waals surface area contributed by atoms with Gasteiger partial charge < -0.3 is 14.6 Å². The van der Waals surface area contributed by atoms with Gasteiger partial charge in [0, 0.05) is 24.0 Å². The molecule has 2 amide bonds. The normalized spacial score (nSPS) is 14.3. The van der Waals surface area contributed by atoms with Gasteiger partial charge in [0.05, 0.1) is 18.9 Å². The maximum Gasteiger partial charge on any atom is 0.286 e. The monoisotopic (exact) mass is 399 g/mol. The predicted molar refractivity (Wildman–Crippen MR) is 108 cm³/mol. The lowest BCUT2D eigenvalue weighted by molar-refractivity contribution is 0.0846. The molecule has 0 saturated carbocycles. The highest BCUT2D eigenvalue weighted by Gasteiger charge is 2.21. The van der Waals surface area contributed by atoms with Crippen molar-refractivity contribution in [2.45, 2.75) is 13.8 Å². The van der Waals surface area contributed by atoms with E-state index in [4.69, 9.17) is 4.74 Å². The number of amides is 2. The average molecular weight is 399 g/mol. The van der Waals surface area contributed by atoms with E-state index in [9.17, 15) is 9.59 Å². The number of carbonyl (C=O) groups is 2. The Morgan fingerprint density at radius 2 is 1.89 bits per heavy atom. The molecule has 0 aliphatic carbocycles. The number of hydrogen-bond acceptors (Lipinski definition) is 6. The molecule has 28 heavy (non-hydrogen) atoms. The van der Waals surface area contributed by atoms with Crippen LogP contribution in [0.15, 0.2) is 24.3 Å². The summed E-state index contributed by atoms with van der Waals surface area (Å²) in [6.45, 7) is 6.59. The summed E-state index contributed by atoms with van der Waals surface area (Å²) < 4.78 is 5.35. The molecule has 1 saturated heterocycles. The number of anilines is 1. The molecule has 3 N–H and O–H groups in total. The molecule has 4 rings (SSSR count). The van der Waals surface area contributed by atoms with E-state index >= 15 is 0 Å². The first-order chi connectivity index (χ1) is 13.5. The maximum absolute atomic E-state index is 12.5. The molecule has 1 aliphatic rings. The highest BCUT2D eigenvalue weighted by Crippen LogP contribution is 2.26. The number of thiazole rings is 1. The molecule has 8 nitrogen and oxygen atoms in total. The predicted octanol–water partition coefficient (Wildman–Crippen LogP) is 2.15. The van der Waals surface area contributed by atoms with Crippen molar-refractivity contribution in [3.8, 4) is 0 Å². The molecular formula is C19H21N5O3S. The summed E-state index contributed by atoms with van der Waals surface area (Å²) in [4.78, 5) is 35.0. The summed E-state index contributed by atoms with van der Waals surface area (Å²) in [6, 6.07) is 7.66. The number of morpholine rings is 1. The Hall–Kier alpha value is -2.91. The van der Waals surface area contributed by atoms with Crippen LogP contribution in [0.2, 0.25) is 0 Å². The van der Waals surface area contributed by atoms with Gasteiger partial charge in [0.15, 0.2) is 5.13 Å². The van der Waals surface area contributed by atoms with Gasteiger partial charge in [0.2, 0.25) is 0 Å². The fourth-order valence-electron chi connectivity index (χ4n) is 3.08. The van der Waals surface area contributed by atoms with Gasteiger partial charge in [-0.25, -0.2) is 4.98 Å². The molecule has 1 aromatic carbocycles. The van der Waals surface area contributed by atoms with Crippen molar-refractivity contribution < 1.29 is 14.3 Å². The molecule has 2 aromatic heterocycles. The van der Waals surface area contributed by atoms with Crippen LogP contribution < -0.4 is 15.8 Å². The number of ether oxygens (including phenoxy) is 1. The third-order valence-electron chi connectivity index (χ3n) is 4.59. The molecular weight excluding hydrogens is 378 g/mol. The van der Waals surface area contributed by atoms with Crippen molar-refractivity contribution in [2.75, 3.05) is 31.2 Å². The smallest absolute Gasteiger partial charge is 0.286 e. The zero-order valence-electron chi connectivity index (χ0n) is 15.7. The number of hydrazine groups is 1. The summed E-state index contributed by atoms with van der Waals surface area (Å²) in [6.07, 6.45) is 0. The van der Waals surface area contributed by atoms with Crippen LogP contribution in [0.4, 0.5) is 5.13 Å². The van der Waals surface area contributed by atoms with Crippen molar-refractivity contribution in [1.29, 1.82) is 0 Å². The Bertz CT molecular complexity index is 1040. The first kappa shape index (κ1) is 18.5. The van der Waals surface area contributed by atoms with Crippen LogP contribution in [0.3, 0.4) is 0 Å². The summed E-state index contributed by atoms with van der Waals surface area (Å²) in [7, 11) is 0. The van der Waals surface area contributed by atoms with Gasteiger partial charge >= 0.3 is 0 Å². The second-order valence-electron chi connectivity index (χ2n) is 6.69. The molecule has 1 aliphatic heterocycles. The van der Waals surface area contributed by atoms with E-state index in [2.05, 4.69) is 25.7 Å². The molecule has 0 unspecified atom stereocenters. The third kappa shape index (κ3) is 3.71. The number of benzene rings is 1. The maximum atomic E-state index is 12.5. The van der Waals surface area contributed by atoms with Crippen LogP contribution in [0.25, 0.3) is 10.9 Å². The highest BCUT2D eigenvalue weighted by molar-refractivity contribution is 7.17. The number of H-pyrrole nitrogens is 1. The van der Waals surface area contributed by atoms with Crippen LogP contribution in [-0.2, 0) is 4.74 Å². The molecule has 0 spiro atoms. The summed E-state index contributed by atoms with van der Waals surface area (Å²) in [5, 5.41) is 1.73. The van der Waals surface area contributed by atoms with E-state index in [1.807, 2.05) is 25.1 Å². The summed E-state index contributed by atoms with van der Waals surface area (Å²) in [5.74, 6) is -0.785. The Labute approximate surface area is 165 Å². The SMILES string of the molecule is Cc1ccc2cc(C(=O)NNC(=O)c3sc(N4CCOCC4)nc3C)[nH]c2c1. The molecule has 0 atom stereocenters. The number of aromatic amines is 1. The molecule has 0 radical (unpaired) electrons. The standard InChI is InChI=1S/C19H21N5O3S/c1-11-3-4-13-10-15(21-14(13)9-11)17(25)22-23-18(26)16-12(2)20-19(28-16)24-5-7-27-8-6-24/h3-4,9-10,21H,5-8H2,1-2H3,(H,22,25)(H,23,26). The van der Waals surface area contributed by atoms with Gasteiger partial charge in [0.1, 0.15) is 10.6 Å². The Balaban J connectivity index is 1.42. The van der Waals surface area contributed by atoms with Crippen LogP contribution in [0.1, 0.15) is 31.4 Å². The van der Waals surface area contributed by atoms with Gasteiger partial charge in [-0.1, -0.05) is 23.5 Å². The minimum absolute atomic E-state index is 0.380. The van der Waals surface area contributed by atoms with E-state index in [1.54, 1.807) is 13.0 Å². The van der Waals surface area contributed by atoms with Crippen molar-refractivity contribution >= 4 is 39.2 Å². The Morgan fingerprint density at radius 3 is 2.68 bits per heavy atom. The molecule has 1 fully saturated rings. The van der Waals surface area contributed by atoms with E-state index in [1.165, 1.54) is 11.3 Å². The third-order valence-corrected chi connectivity index (χ3v) is 5.80. The summed E-state index contributed by atoms with van der Waals surface area (Å²) >= 11 is 1.32. The molecule has 146 valence electrons. The van der Waals surface area contributed by atoms with E-state index < -0.39 is 5.91 Å². The number of aromatic nitrogens is 2. The van der Waals surface area contributed by atoms with Crippen molar-refractivity contribution in [1.82, 2.24) is 20.8 Å². The first-order valence-corrected chi connectivity index (χ1v) is 9.83. The minimum atomic E-state index is -0.405. The number of rotatable bonds is 3. The lowest BCUT2D eigenvalue weighted by Gasteiger charge is -2.25. The number of aryl methyl sites for hydroxylation is 2. The number of fused-ring (bicyclic) bond motifs is 1. The van der Waals surface area contributed by atoms with Gasteiger partial charge in [-0.05, 0) is 31.5 Å². The number of carbonyl (C=O) groups excluding carboxylic acids is 2. The van der Waals surface area contributed by atoms with Crippen molar-refractivity contribution in [2.24, 2.45) is 0 Å². The number of nitrogens with zero attached hydrogens (tertiary/aromatic N) is 2. The zero-order chi connectivity index (χ0) is 19.7. The van der Waals surface area contributed by atoms with Crippen molar-refractivity contribution in [3.63, 3.8) is 0 Å². The largest absolute Gasteiger partial charge is 0.378 e. The van der Waals surface area contributed by atoms with E-state index in [0.717, 1.165) is 34.7 Å². The molecule has 0 bridgehead atoms. The Kier molecular flexibility index (Phi) is 5.01. The fourth-order valence-corrected chi connectivity index (χ4v) is 4.10. The second-order valence-corrected chi connectivity index (χ2v) is 7.67. The van der Waals surface area contributed by atoms with Crippen LogP contribution in [0.5, 0.6) is 0 Å². The van der Waals surface area contributed by atoms with Crippen molar-refractivity contribution in [3.05, 3.63) is 46.1 Å². The highest BCUT2D eigenvalue weighted by atomic mass is 32.1. The lowest BCUT2D eigenvalue weighted by Crippen LogP contribution is -2.41. The molecule has 3 aromatic rings. The van der Waals surface area contributed by atoms with Gasteiger partial charge in [-0.3, -0.25) is 20.4 Å². The second kappa shape index (κ2) is 7.61. The van der Waals surface area contributed by atoms with Gasteiger partial charge in [0.25, 0.3) is 11.8 Å². The van der Waals surface area contributed by atoms with Crippen LogP contribution in [0, 0.1) is 13.8 Å². The van der Waals surface area contributed by atoms with Crippen LogP contribution >= 0.6 is 11.3 Å². The quantitative estimate of drug-likeness (QED) is 0.586. The van der Waals surface area contributed by atoms with Gasteiger partial charge in [-0.15, -0.1) is 0 Å². The fraction of sp³-hybridized carbons (Fsp3) is 0.316. The first-order valence-electron chi connectivity index (χ1n) is 9.01. The summed E-state index contributed by atoms with van der Waals surface area (Å²) in [5.41, 5.74) is 7.95. The van der Waals surface area contributed by atoms with E-state index in [0.29, 0.717) is 29.5 Å². The topological polar surface area (TPSA) is 99.3 Å². The average Bonchev–Trinajstić information content (AvgIpc) is 3.29. The number of hydrogen-bond donors (Lipinski definition) is 3. The number of nitrogens with one attached hydrogen (secondary N) is 3. The van der Waals surface area contributed by atoms with Crippen LogP contribution in [-0.4, -0.2) is 48.1 Å².